The smallest absolute Gasteiger partial charge is 0.262 e. The van der Waals surface area contributed by atoms with Crippen LogP contribution in [0.5, 0.6) is 11.5 Å². The molecule has 38 heavy (non-hydrogen) atoms. The highest BCUT2D eigenvalue weighted by Crippen LogP contribution is 2.29. The van der Waals surface area contributed by atoms with Crippen LogP contribution < -0.4 is 24.5 Å². The molecule has 0 fully saturated rings. The van der Waals surface area contributed by atoms with Crippen LogP contribution in [0.3, 0.4) is 0 Å². The van der Waals surface area contributed by atoms with Gasteiger partial charge in [0.1, 0.15) is 18.0 Å². The number of anilines is 2. The average Bonchev–Trinajstić information content (AvgIpc) is 2.88. The van der Waals surface area contributed by atoms with Crippen molar-refractivity contribution in [3.8, 4) is 11.5 Å². The Morgan fingerprint density at radius 3 is 2.29 bits per heavy atom. The number of benzene rings is 3. The Labute approximate surface area is 222 Å². The van der Waals surface area contributed by atoms with Crippen molar-refractivity contribution >= 4 is 39.4 Å². The first-order valence-corrected chi connectivity index (χ1v) is 13.6. The van der Waals surface area contributed by atoms with Gasteiger partial charge in [-0.25, -0.2) is 13.8 Å². The first kappa shape index (κ1) is 28.2. The second-order valence-electron chi connectivity index (χ2n) is 8.24. The number of ether oxygens (including phenoxy) is 2. The van der Waals surface area contributed by atoms with Crippen LogP contribution in [-0.4, -0.2) is 52.5 Å². The molecule has 200 valence electrons. The summed E-state index contributed by atoms with van der Waals surface area (Å²) in [6.07, 6.45) is 2.42. The number of nitrogens with zero attached hydrogens (tertiary/aromatic N) is 2. The summed E-state index contributed by atoms with van der Waals surface area (Å²) in [7, 11) is -3.77. The third-order valence-electron chi connectivity index (χ3n) is 5.11. The van der Waals surface area contributed by atoms with Gasteiger partial charge in [-0.05, 0) is 67.9 Å². The van der Waals surface area contributed by atoms with Gasteiger partial charge in [0, 0.05) is 5.69 Å². The lowest BCUT2D eigenvalue weighted by Gasteiger charge is -2.23. The molecule has 0 aliphatic heterocycles. The molecule has 0 aliphatic rings. The summed E-state index contributed by atoms with van der Waals surface area (Å²) in [6, 6.07) is 20.8. The fourth-order valence-corrected chi connectivity index (χ4v) is 4.16. The van der Waals surface area contributed by atoms with E-state index in [1.54, 1.807) is 55.5 Å². The molecule has 11 heteroatoms. The predicted molar refractivity (Wildman–Crippen MR) is 147 cm³/mol. The summed E-state index contributed by atoms with van der Waals surface area (Å²) in [4.78, 5) is 24.5. The number of aryl methyl sites for hydroxylation is 1. The summed E-state index contributed by atoms with van der Waals surface area (Å²) in [6.45, 7) is 3.47. The van der Waals surface area contributed by atoms with Crippen LogP contribution in [-0.2, 0) is 19.6 Å². The first-order valence-electron chi connectivity index (χ1n) is 11.8. The Bertz CT molecular complexity index is 1370. The normalized spacial score (nSPS) is 11.1. The lowest BCUT2D eigenvalue weighted by Crippen LogP contribution is -2.39. The lowest BCUT2D eigenvalue weighted by molar-refractivity contribution is -0.119. The molecule has 0 atom stereocenters. The van der Waals surface area contributed by atoms with Crippen LogP contribution in [0.25, 0.3) is 0 Å². The third-order valence-corrected chi connectivity index (χ3v) is 6.24. The van der Waals surface area contributed by atoms with E-state index in [1.165, 1.54) is 6.21 Å². The van der Waals surface area contributed by atoms with Gasteiger partial charge in [0.15, 0.2) is 6.61 Å². The van der Waals surface area contributed by atoms with E-state index in [2.05, 4.69) is 15.8 Å². The zero-order valence-corrected chi connectivity index (χ0v) is 22.2. The molecular weight excluding hydrogens is 508 g/mol. The van der Waals surface area contributed by atoms with Gasteiger partial charge in [-0.2, -0.15) is 5.10 Å². The largest absolute Gasteiger partial charge is 0.492 e. The molecule has 0 aromatic heterocycles. The van der Waals surface area contributed by atoms with Crippen molar-refractivity contribution in [2.24, 2.45) is 5.10 Å². The van der Waals surface area contributed by atoms with Gasteiger partial charge >= 0.3 is 0 Å². The standard InChI is InChI=1S/C27H30N4O6S/c1-4-36-25-8-6-5-7-24(25)31(38(3,34)35)18-26(32)30-28-17-21-11-15-23(16-12-21)37-19-27(33)29-22-13-9-20(2)10-14-22/h5-17H,4,18-19H2,1-3H3,(H,29,33)(H,30,32)/b28-17-. The monoisotopic (exact) mass is 538 g/mol. The molecule has 0 saturated heterocycles. The highest BCUT2D eigenvalue weighted by atomic mass is 32.2. The highest BCUT2D eigenvalue weighted by molar-refractivity contribution is 7.92. The van der Waals surface area contributed by atoms with E-state index >= 15 is 0 Å². The van der Waals surface area contributed by atoms with E-state index in [9.17, 15) is 18.0 Å². The van der Waals surface area contributed by atoms with E-state index in [4.69, 9.17) is 9.47 Å². The Morgan fingerprint density at radius 1 is 0.947 bits per heavy atom. The van der Waals surface area contributed by atoms with E-state index < -0.39 is 22.5 Å². The minimum Gasteiger partial charge on any atom is -0.492 e. The molecule has 0 radical (unpaired) electrons. The Hall–Kier alpha value is -4.38. The van der Waals surface area contributed by atoms with Crippen LogP contribution >= 0.6 is 0 Å². The van der Waals surface area contributed by atoms with Gasteiger partial charge in [-0.15, -0.1) is 0 Å². The zero-order chi connectivity index (χ0) is 27.5. The summed E-state index contributed by atoms with van der Waals surface area (Å²) in [5.74, 6) is -0.0691. The minimum absolute atomic E-state index is 0.152. The summed E-state index contributed by atoms with van der Waals surface area (Å²) < 4.78 is 36.7. The average molecular weight is 539 g/mol. The van der Waals surface area contributed by atoms with Crippen LogP contribution in [0.1, 0.15) is 18.1 Å². The quantitative estimate of drug-likeness (QED) is 0.269. The number of hydrazone groups is 1. The van der Waals surface area contributed by atoms with Crippen molar-refractivity contribution in [2.75, 3.05) is 35.6 Å². The molecule has 2 amide bonds. The van der Waals surface area contributed by atoms with E-state index in [0.29, 0.717) is 29.4 Å². The minimum atomic E-state index is -3.77. The van der Waals surface area contributed by atoms with Gasteiger partial charge in [0.25, 0.3) is 11.8 Å². The predicted octanol–water partition coefficient (Wildman–Crippen LogP) is 3.33. The van der Waals surface area contributed by atoms with Crippen LogP contribution in [0.2, 0.25) is 0 Å². The molecule has 3 aromatic carbocycles. The number of hydrogen-bond donors (Lipinski definition) is 2. The number of carbonyl (C=O) groups is 2. The zero-order valence-electron chi connectivity index (χ0n) is 21.4. The number of sulfonamides is 1. The van der Waals surface area contributed by atoms with Crippen molar-refractivity contribution < 1.29 is 27.5 Å². The van der Waals surface area contributed by atoms with Gasteiger partial charge in [-0.3, -0.25) is 13.9 Å². The molecular formula is C27H30N4O6S. The maximum absolute atomic E-state index is 12.5. The van der Waals surface area contributed by atoms with Crippen LogP contribution in [0, 0.1) is 6.92 Å². The number of amides is 2. The number of hydrogen-bond acceptors (Lipinski definition) is 7. The first-order chi connectivity index (χ1) is 18.2. The molecule has 0 spiro atoms. The van der Waals surface area contributed by atoms with Crippen molar-refractivity contribution in [2.45, 2.75) is 13.8 Å². The fourth-order valence-electron chi connectivity index (χ4n) is 3.30. The fraction of sp³-hybridized carbons (Fsp3) is 0.222. The summed E-state index contributed by atoms with van der Waals surface area (Å²) in [5.41, 5.74) is 5.04. The molecule has 0 aliphatic carbocycles. The Kier molecular flexibility index (Phi) is 9.83. The Morgan fingerprint density at radius 2 is 1.63 bits per heavy atom. The van der Waals surface area contributed by atoms with Gasteiger partial charge in [0.2, 0.25) is 10.0 Å². The molecule has 10 nitrogen and oxygen atoms in total. The topological polar surface area (TPSA) is 126 Å². The molecule has 3 aromatic rings. The molecule has 0 bridgehead atoms. The highest BCUT2D eigenvalue weighted by Gasteiger charge is 2.23. The van der Waals surface area contributed by atoms with E-state index in [1.807, 2.05) is 31.2 Å². The molecule has 2 N–H and O–H groups in total. The maximum Gasteiger partial charge on any atom is 0.262 e. The van der Waals surface area contributed by atoms with Gasteiger partial charge < -0.3 is 14.8 Å². The summed E-state index contributed by atoms with van der Waals surface area (Å²) >= 11 is 0. The number of carbonyl (C=O) groups excluding carboxylic acids is 2. The second kappa shape index (κ2) is 13.2. The van der Waals surface area contributed by atoms with Crippen LogP contribution in [0.15, 0.2) is 77.9 Å². The van der Waals surface area contributed by atoms with Crippen molar-refractivity contribution in [1.82, 2.24) is 5.43 Å². The van der Waals surface area contributed by atoms with Crippen molar-refractivity contribution in [1.29, 1.82) is 0 Å². The lowest BCUT2D eigenvalue weighted by atomic mass is 10.2. The Balaban J connectivity index is 1.52. The SMILES string of the molecule is CCOc1ccccc1N(CC(=O)N/N=C\c1ccc(OCC(=O)Nc2ccc(C)cc2)cc1)S(C)(=O)=O. The molecule has 3 rings (SSSR count). The number of nitrogens with one attached hydrogen (secondary N) is 2. The second-order valence-corrected chi connectivity index (χ2v) is 10.1. The summed E-state index contributed by atoms with van der Waals surface area (Å²) in [5, 5.41) is 6.66. The molecule has 0 heterocycles. The number of para-hydroxylation sites is 2. The van der Waals surface area contributed by atoms with E-state index in [0.717, 1.165) is 16.1 Å². The van der Waals surface area contributed by atoms with Crippen LogP contribution in [0.4, 0.5) is 11.4 Å². The van der Waals surface area contributed by atoms with Crippen molar-refractivity contribution in [3.05, 3.63) is 83.9 Å². The van der Waals surface area contributed by atoms with E-state index in [-0.39, 0.29) is 18.2 Å². The molecule has 0 unspecified atom stereocenters. The number of rotatable bonds is 12. The van der Waals surface area contributed by atoms with Gasteiger partial charge in [-0.1, -0.05) is 29.8 Å². The molecule has 0 saturated carbocycles. The van der Waals surface area contributed by atoms with Gasteiger partial charge in [0.05, 0.1) is 24.8 Å². The third kappa shape index (κ3) is 8.63. The maximum atomic E-state index is 12.5. The van der Waals surface area contributed by atoms with Crippen molar-refractivity contribution in [3.63, 3.8) is 0 Å².